The summed E-state index contributed by atoms with van der Waals surface area (Å²) in [5, 5.41) is -0.235. The fraction of sp³-hybridized carbons (Fsp3) is 0.368. The van der Waals surface area contributed by atoms with Crippen LogP contribution in [0.2, 0.25) is 0 Å². The molecule has 1 fully saturated rings. The Balaban J connectivity index is 0.000000177. The van der Waals surface area contributed by atoms with Crippen LogP contribution in [0.5, 0.6) is 0 Å². The molecule has 0 atom stereocenters. The van der Waals surface area contributed by atoms with Crippen molar-refractivity contribution in [2.45, 2.75) is 37.4 Å². The van der Waals surface area contributed by atoms with Gasteiger partial charge in [0.25, 0.3) is 10.1 Å². The molecule has 0 heterocycles. The molecule has 0 aromatic heterocycles. The first kappa shape index (κ1) is 19.4. The van der Waals surface area contributed by atoms with Crippen LogP contribution in [0.15, 0.2) is 60.7 Å². The molecule has 24 heavy (non-hydrogen) atoms. The molecule has 0 radical (unpaired) electrons. The van der Waals surface area contributed by atoms with Crippen molar-refractivity contribution in [1.82, 2.24) is 0 Å². The third-order valence-corrected chi connectivity index (χ3v) is 8.31. The predicted molar refractivity (Wildman–Crippen MR) is 93.1 cm³/mol. The number of benzene rings is 2. The minimum Gasteiger partial charge on any atom is -0.273 e. The topological polar surface area (TPSA) is 43.4 Å². The number of hydrogen-bond acceptors (Lipinski definition) is 3. The average Bonchev–Trinajstić information content (AvgIpc) is 2.65. The summed E-state index contributed by atoms with van der Waals surface area (Å²) in [4.78, 5) is 0. The molecule has 1 aliphatic carbocycles. The standard InChI is InChI=1S/C12H10I.C7H14O3S/c1-3-7-11(8-4-1)13-12-9-5-2-6-10-12;1-10-11(8,9)7-5-3-2-4-6-7/h1-10H;7H,2-6H2,1H3/q+1;. The molecule has 0 aliphatic heterocycles. The van der Waals surface area contributed by atoms with E-state index < -0.39 is 10.1 Å². The molecule has 2 aromatic carbocycles. The summed E-state index contributed by atoms with van der Waals surface area (Å²) in [5.41, 5.74) is 0. The third kappa shape index (κ3) is 6.53. The van der Waals surface area contributed by atoms with Gasteiger partial charge >= 0.3 is 21.2 Å². The van der Waals surface area contributed by atoms with E-state index in [0.29, 0.717) is 0 Å². The van der Waals surface area contributed by atoms with Gasteiger partial charge in [-0.05, 0) is 37.1 Å². The summed E-state index contributed by atoms with van der Waals surface area (Å²) in [6.45, 7) is 0. The number of rotatable bonds is 4. The SMILES string of the molecule is COS(=O)(=O)C1CCCCC1.c1ccc([I+]c2ccccc2)cc1. The third-order valence-electron chi connectivity index (χ3n) is 3.88. The van der Waals surface area contributed by atoms with Crippen molar-refractivity contribution in [1.29, 1.82) is 0 Å². The maximum Gasteiger partial charge on any atom is 0.357 e. The minimum absolute atomic E-state index is 0.0287. The number of halogens is 1. The maximum absolute atomic E-state index is 11.1. The summed E-state index contributed by atoms with van der Waals surface area (Å²) in [6.07, 6.45) is 4.75. The van der Waals surface area contributed by atoms with Crippen LogP contribution in [0.4, 0.5) is 0 Å². The van der Waals surface area contributed by atoms with Crippen LogP contribution in [0.25, 0.3) is 0 Å². The molecular formula is C19H24IO3S+. The zero-order valence-corrected chi connectivity index (χ0v) is 16.9. The van der Waals surface area contributed by atoms with Gasteiger partial charge in [0.15, 0.2) is 7.14 Å². The van der Waals surface area contributed by atoms with Crippen LogP contribution < -0.4 is 21.2 Å². The van der Waals surface area contributed by atoms with Crippen molar-refractivity contribution in [2.24, 2.45) is 0 Å². The van der Waals surface area contributed by atoms with E-state index in [1.165, 1.54) is 14.3 Å². The smallest absolute Gasteiger partial charge is 0.273 e. The molecule has 0 N–H and O–H groups in total. The van der Waals surface area contributed by atoms with Crippen LogP contribution in [0.1, 0.15) is 32.1 Å². The summed E-state index contributed by atoms with van der Waals surface area (Å²) in [6, 6.07) is 21.4. The van der Waals surface area contributed by atoms with E-state index in [-0.39, 0.29) is 26.5 Å². The van der Waals surface area contributed by atoms with Gasteiger partial charge in [0, 0.05) is 0 Å². The van der Waals surface area contributed by atoms with Crippen molar-refractivity contribution in [3.63, 3.8) is 0 Å². The van der Waals surface area contributed by atoms with Gasteiger partial charge in [-0.3, -0.25) is 4.18 Å². The predicted octanol–water partition coefficient (Wildman–Crippen LogP) is 1.11. The van der Waals surface area contributed by atoms with Crippen molar-refractivity contribution < 1.29 is 33.8 Å². The van der Waals surface area contributed by atoms with Crippen molar-refractivity contribution in [3.05, 3.63) is 67.8 Å². The molecule has 5 heteroatoms. The maximum atomic E-state index is 11.1. The molecule has 0 unspecified atom stereocenters. The van der Waals surface area contributed by atoms with E-state index in [9.17, 15) is 8.42 Å². The molecule has 130 valence electrons. The van der Waals surface area contributed by atoms with Gasteiger partial charge in [-0.1, -0.05) is 55.7 Å². The summed E-state index contributed by atoms with van der Waals surface area (Å²) >= 11 is 0.0287. The number of hydrogen-bond donors (Lipinski definition) is 0. The first-order valence-electron chi connectivity index (χ1n) is 8.16. The van der Waals surface area contributed by atoms with Crippen LogP contribution in [-0.4, -0.2) is 20.8 Å². The Hall–Kier alpha value is -0.920. The largest absolute Gasteiger partial charge is 0.357 e. The summed E-state index contributed by atoms with van der Waals surface area (Å²) < 4.78 is 29.7. The highest BCUT2D eigenvalue weighted by molar-refractivity contribution is 7.87. The zero-order chi connectivity index (χ0) is 17.3. The second-order valence-corrected chi connectivity index (χ2v) is 10.6. The highest BCUT2D eigenvalue weighted by atomic mass is 127. The first-order chi connectivity index (χ1) is 11.6. The normalized spacial score (nSPS) is 15.4. The summed E-state index contributed by atoms with van der Waals surface area (Å²) in [5.74, 6) is 0. The molecule has 0 saturated heterocycles. The van der Waals surface area contributed by atoms with Gasteiger partial charge in [0.1, 0.15) is 0 Å². The van der Waals surface area contributed by atoms with Gasteiger partial charge in [-0.2, -0.15) is 8.42 Å². The quantitative estimate of drug-likeness (QED) is 0.509. The lowest BCUT2D eigenvalue weighted by atomic mass is 10.0. The van der Waals surface area contributed by atoms with Crippen molar-refractivity contribution in [2.75, 3.05) is 7.11 Å². The Morgan fingerprint density at radius 2 is 1.29 bits per heavy atom. The Bertz CT molecular complexity index is 644. The van der Waals surface area contributed by atoms with Gasteiger partial charge in [0.2, 0.25) is 0 Å². The Labute approximate surface area is 155 Å². The van der Waals surface area contributed by atoms with E-state index in [4.69, 9.17) is 0 Å². The monoisotopic (exact) mass is 459 g/mol. The van der Waals surface area contributed by atoms with Crippen LogP contribution in [0, 0.1) is 7.14 Å². The van der Waals surface area contributed by atoms with Crippen molar-refractivity contribution >= 4 is 10.1 Å². The second kappa shape index (κ2) is 10.2. The van der Waals surface area contributed by atoms with Gasteiger partial charge < -0.3 is 0 Å². The molecule has 2 aromatic rings. The van der Waals surface area contributed by atoms with E-state index >= 15 is 0 Å². The zero-order valence-electron chi connectivity index (χ0n) is 13.9. The lowest BCUT2D eigenvalue weighted by molar-refractivity contribution is -0.597. The van der Waals surface area contributed by atoms with E-state index in [1.807, 2.05) is 0 Å². The van der Waals surface area contributed by atoms with E-state index in [1.54, 1.807) is 0 Å². The fourth-order valence-corrected chi connectivity index (χ4v) is 6.02. The Morgan fingerprint density at radius 3 is 1.71 bits per heavy atom. The van der Waals surface area contributed by atoms with Gasteiger partial charge in [0.05, 0.1) is 12.4 Å². The molecular weight excluding hydrogens is 435 g/mol. The Kier molecular flexibility index (Phi) is 8.21. The molecule has 3 nitrogen and oxygen atoms in total. The van der Waals surface area contributed by atoms with Gasteiger partial charge in [-0.15, -0.1) is 0 Å². The fourth-order valence-electron chi connectivity index (χ4n) is 2.57. The second-order valence-electron chi connectivity index (χ2n) is 5.61. The lowest BCUT2D eigenvalue weighted by Crippen LogP contribution is -3.61. The molecule has 1 saturated carbocycles. The summed E-state index contributed by atoms with van der Waals surface area (Å²) in [7, 11) is -1.98. The van der Waals surface area contributed by atoms with Gasteiger partial charge in [-0.25, -0.2) is 0 Å². The first-order valence-corrected chi connectivity index (χ1v) is 11.8. The molecule has 0 bridgehead atoms. The van der Waals surface area contributed by atoms with Crippen molar-refractivity contribution in [3.8, 4) is 0 Å². The highest BCUT2D eigenvalue weighted by Gasteiger charge is 2.26. The average molecular weight is 459 g/mol. The molecule has 1 aliphatic rings. The molecule has 0 amide bonds. The van der Waals surface area contributed by atoms with Crippen LogP contribution in [0.3, 0.4) is 0 Å². The van der Waals surface area contributed by atoms with E-state index in [0.717, 1.165) is 32.1 Å². The minimum atomic E-state index is -3.22. The van der Waals surface area contributed by atoms with Crippen LogP contribution >= 0.6 is 0 Å². The molecule has 3 rings (SSSR count). The molecule has 0 spiro atoms. The lowest BCUT2D eigenvalue weighted by Gasteiger charge is -2.19. The Morgan fingerprint density at radius 1 is 0.833 bits per heavy atom. The highest BCUT2D eigenvalue weighted by Crippen LogP contribution is 2.24. The van der Waals surface area contributed by atoms with E-state index in [2.05, 4.69) is 64.8 Å². The van der Waals surface area contributed by atoms with Crippen LogP contribution in [-0.2, 0) is 14.3 Å².